The van der Waals surface area contributed by atoms with E-state index in [2.05, 4.69) is 5.32 Å². The zero-order chi connectivity index (χ0) is 11.5. The molecule has 86 valence electrons. The molecule has 16 heavy (non-hydrogen) atoms. The van der Waals surface area contributed by atoms with Gasteiger partial charge >= 0.3 is 5.97 Å². The van der Waals surface area contributed by atoms with Gasteiger partial charge in [-0.15, -0.1) is 0 Å². The van der Waals surface area contributed by atoms with Crippen LogP contribution >= 0.6 is 0 Å². The van der Waals surface area contributed by atoms with Crippen LogP contribution in [0.2, 0.25) is 0 Å². The minimum Gasteiger partial charge on any atom is -0.478 e. The van der Waals surface area contributed by atoms with E-state index in [-0.39, 0.29) is 11.5 Å². The first-order valence-electron chi connectivity index (χ1n) is 5.36. The third-order valence-electron chi connectivity index (χ3n) is 2.99. The molecular formula is C12H14FNO2. The fourth-order valence-corrected chi connectivity index (χ4v) is 2.07. The van der Waals surface area contributed by atoms with Gasteiger partial charge in [0.2, 0.25) is 0 Å². The van der Waals surface area contributed by atoms with Gasteiger partial charge in [-0.05, 0) is 30.7 Å². The van der Waals surface area contributed by atoms with E-state index >= 15 is 0 Å². The summed E-state index contributed by atoms with van der Waals surface area (Å²) < 4.78 is 13.6. The molecule has 2 atom stereocenters. The van der Waals surface area contributed by atoms with E-state index in [0.717, 1.165) is 18.5 Å². The van der Waals surface area contributed by atoms with Crippen LogP contribution in [0.1, 0.15) is 28.3 Å². The van der Waals surface area contributed by atoms with E-state index in [9.17, 15) is 9.18 Å². The Bertz CT molecular complexity index is 377. The van der Waals surface area contributed by atoms with Crippen LogP contribution in [0.15, 0.2) is 24.3 Å². The monoisotopic (exact) mass is 223 g/mol. The first-order valence-corrected chi connectivity index (χ1v) is 5.36. The smallest absolute Gasteiger partial charge is 0.335 e. The van der Waals surface area contributed by atoms with Crippen LogP contribution in [0.5, 0.6) is 0 Å². The fourth-order valence-electron chi connectivity index (χ4n) is 2.07. The summed E-state index contributed by atoms with van der Waals surface area (Å²) in [6.07, 6.45) is -0.127. The van der Waals surface area contributed by atoms with E-state index in [1.54, 1.807) is 12.1 Å². The first kappa shape index (κ1) is 11.1. The van der Waals surface area contributed by atoms with E-state index in [4.69, 9.17) is 5.11 Å². The second-order valence-corrected chi connectivity index (χ2v) is 4.04. The highest BCUT2D eigenvalue weighted by molar-refractivity contribution is 5.87. The summed E-state index contributed by atoms with van der Waals surface area (Å²) in [5.41, 5.74) is 1.13. The molecule has 0 radical (unpaired) electrons. The average molecular weight is 223 g/mol. The predicted molar refractivity (Wildman–Crippen MR) is 58.5 cm³/mol. The van der Waals surface area contributed by atoms with Crippen LogP contribution in [0.3, 0.4) is 0 Å². The highest BCUT2D eigenvalue weighted by Crippen LogP contribution is 2.27. The number of halogens is 1. The van der Waals surface area contributed by atoms with Crippen LogP contribution in [-0.2, 0) is 0 Å². The van der Waals surface area contributed by atoms with Crippen LogP contribution in [0.4, 0.5) is 4.39 Å². The number of benzene rings is 1. The van der Waals surface area contributed by atoms with Crippen molar-refractivity contribution in [1.82, 2.24) is 5.32 Å². The van der Waals surface area contributed by atoms with Crippen molar-refractivity contribution in [3.05, 3.63) is 35.4 Å². The topological polar surface area (TPSA) is 49.3 Å². The van der Waals surface area contributed by atoms with Crippen molar-refractivity contribution >= 4 is 5.97 Å². The van der Waals surface area contributed by atoms with Crippen LogP contribution < -0.4 is 5.32 Å². The number of aromatic carboxylic acids is 1. The summed E-state index contributed by atoms with van der Waals surface area (Å²) in [6.45, 7) is 1.19. The van der Waals surface area contributed by atoms with Gasteiger partial charge in [0.25, 0.3) is 0 Å². The molecule has 1 heterocycles. The summed E-state index contributed by atoms with van der Waals surface area (Å²) in [7, 11) is 0. The Hall–Kier alpha value is -1.42. The molecule has 4 heteroatoms. The quantitative estimate of drug-likeness (QED) is 0.803. The van der Waals surface area contributed by atoms with Gasteiger partial charge in [-0.1, -0.05) is 12.1 Å². The molecule has 1 saturated heterocycles. The molecule has 1 fully saturated rings. The lowest BCUT2D eigenvalue weighted by Crippen LogP contribution is -2.36. The largest absolute Gasteiger partial charge is 0.478 e. The van der Waals surface area contributed by atoms with Crippen LogP contribution in [0.25, 0.3) is 0 Å². The lowest BCUT2D eigenvalue weighted by atomic mass is 9.88. The number of piperidine rings is 1. The molecule has 1 aromatic rings. The maximum atomic E-state index is 13.6. The number of rotatable bonds is 2. The number of nitrogens with one attached hydrogen (secondary N) is 1. The van der Waals surface area contributed by atoms with Crippen LogP contribution in [-0.4, -0.2) is 30.3 Å². The number of hydrogen-bond acceptors (Lipinski definition) is 2. The molecule has 0 aliphatic carbocycles. The zero-order valence-corrected chi connectivity index (χ0v) is 8.82. The minimum absolute atomic E-state index is 0.107. The molecule has 0 spiro atoms. The van der Waals surface area contributed by atoms with E-state index in [1.807, 2.05) is 0 Å². The highest BCUT2D eigenvalue weighted by atomic mass is 19.1. The molecule has 0 amide bonds. The van der Waals surface area contributed by atoms with Gasteiger partial charge in [-0.3, -0.25) is 0 Å². The molecule has 1 aliphatic rings. The van der Waals surface area contributed by atoms with Crippen molar-refractivity contribution < 1.29 is 14.3 Å². The van der Waals surface area contributed by atoms with E-state index in [1.165, 1.54) is 12.1 Å². The molecule has 0 bridgehead atoms. The van der Waals surface area contributed by atoms with Gasteiger partial charge in [-0.25, -0.2) is 9.18 Å². The lowest BCUT2D eigenvalue weighted by molar-refractivity contribution is 0.0697. The van der Waals surface area contributed by atoms with Crippen LogP contribution in [0, 0.1) is 0 Å². The molecule has 3 nitrogen and oxygen atoms in total. The molecule has 1 aliphatic heterocycles. The van der Waals surface area contributed by atoms with Crippen molar-refractivity contribution in [2.75, 3.05) is 13.1 Å². The van der Waals surface area contributed by atoms with E-state index < -0.39 is 12.1 Å². The SMILES string of the molecule is O=C(O)c1ccc(C2CCNCC2F)cc1. The summed E-state index contributed by atoms with van der Waals surface area (Å²) >= 11 is 0. The summed E-state index contributed by atoms with van der Waals surface area (Å²) in [5.74, 6) is -1.06. The second-order valence-electron chi connectivity index (χ2n) is 4.04. The van der Waals surface area contributed by atoms with Crippen molar-refractivity contribution in [3.63, 3.8) is 0 Å². The fraction of sp³-hybridized carbons (Fsp3) is 0.417. The van der Waals surface area contributed by atoms with E-state index in [0.29, 0.717) is 6.54 Å². The van der Waals surface area contributed by atoms with Gasteiger partial charge in [0.1, 0.15) is 6.17 Å². The summed E-state index contributed by atoms with van der Waals surface area (Å²) in [5, 5.41) is 11.7. The average Bonchev–Trinajstić information content (AvgIpc) is 2.30. The number of carboxylic acids is 1. The van der Waals surface area contributed by atoms with Gasteiger partial charge in [-0.2, -0.15) is 0 Å². The number of alkyl halides is 1. The molecular weight excluding hydrogens is 209 g/mol. The Labute approximate surface area is 93.3 Å². The normalized spacial score (nSPS) is 25.3. The Balaban J connectivity index is 2.17. The van der Waals surface area contributed by atoms with Crippen molar-refractivity contribution in [2.45, 2.75) is 18.5 Å². The number of carbonyl (C=O) groups is 1. The Morgan fingerprint density at radius 2 is 2.06 bits per heavy atom. The van der Waals surface area contributed by atoms with Gasteiger partial charge < -0.3 is 10.4 Å². The molecule has 0 saturated carbocycles. The Morgan fingerprint density at radius 1 is 1.38 bits per heavy atom. The number of carboxylic acid groups (broad SMARTS) is 1. The third-order valence-corrected chi connectivity index (χ3v) is 2.99. The maximum Gasteiger partial charge on any atom is 0.335 e. The first-order chi connectivity index (χ1) is 7.68. The Kier molecular flexibility index (Phi) is 3.19. The van der Waals surface area contributed by atoms with Crippen molar-refractivity contribution in [3.8, 4) is 0 Å². The van der Waals surface area contributed by atoms with Crippen molar-refractivity contribution in [1.29, 1.82) is 0 Å². The zero-order valence-electron chi connectivity index (χ0n) is 8.82. The molecule has 2 N–H and O–H groups in total. The summed E-state index contributed by atoms with van der Waals surface area (Å²) in [6, 6.07) is 6.50. The highest BCUT2D eigenvalue weighted by Gasteiger charge is 2.25. The standard InChI is InChI=1S/C12H14FNO2/c13-11-7-14-6-5-10(11)8-1-3-9(4-2-8)12(15)16/h1-4,10-11,14H,5-7H2,(H,15,16). The Morgan fingerprint density at radius 3 is 2.62 bits per heavy atom. The molecule has 2 rings (SSSR count). The maximum absolute atomic E-state index is 13.6. The molecule has 1 aromatic carbocycles. The predicted octanol–water partition coefficient (Wildman–Crippen LogP) is 1.80. The second kappa shape index (κ2) is 4.61. The van der Waals surface area contributed by atoms with Gasteiger partial charge in [0, 0.05) is 12.5 Å². The number of hydrogen-bond donors (Lipinski definition) is 2. The summed E-state index contributed by atoms with van der Waals surface area (Å²) in [4.78, 5) is 10.7. The third kappa shape index (κ3) is 2.22. The molecule has 2 unspecified atom stereocenters. The minimum atomic E-state index is -0.950. The molecule has 0 aromatic heterocycles. The van der Waals surface area contributed by atoms with Gasteiger partial charge in [0.05, 0.1) is 5.56 Å². The lowest BCUT2D eigenvalue weighted by Gasteiger charge is -2.27. The van der Waals surface area contributed by atoms with Crippen molar-refractivity contribution in [2.24, 2.45) is 0 Å². The van der Waals surface area contributed by atoms with Gasteiger partial charge in [0.15, 0.2) is 0 Å².